The number of rotatable bonds is 4. The fourth-order valence-corrected chi connectivity index (χ4v) is 1.95. The second kappa shape index (κ2) is 7.50. The molecule has 0 radical (unpaired) electrons. The third-order valence-electron chi connectivity index (χ3n) is 2.84. The zero-order valence-electron chi connectivity index (χ0n) is 10.4. The number of piperidine rings is 1. The first kappa shape index (κ1) is 16.2. The van der Waals surface area contributed by atoms with Gasteiger partial charge in [-0.3, -0.25) is 9.59 Å². The molecule has 1 aliphatic heterocycles. The van der Waals surface area contributed by atoms with E-state index < -0.39 is 5.91 Å². The first-order chi connectivity index (χ1) is 7.52. The van der Waals surface area contributed by atoms with Gasteiger partial charge in [0.15, 0.2) is 0 Å². The largest absolute Gasteiger partial charge is 0.368 e. The van der Waals surface area contributed by atoms with Crippen molar-refractivity contribution in [3.8, 4) is 0 Å². The summed E-state index contributed by atoms with van der Waals surface area (Å²) in [5, 5.41) is 3.18. The number of hydrogen-bond donors (Lipinski definition) is 2. The van der Waals surface area contributed by atoms with Crippen LogP contribution in [0.25, 0.3) is 0 Å². The second-order valence-corrected chi connectivity index (χ2v) is 4.53. The second-order valence-electron chi connectivity index (χ2n) is 4.53. The lowest BCUT2D eigenvalue weighted by Crippen LogP contribution is -2.52. The maximum atomic E-state index is 12.1. The predicted molar refractivity (Wildman–Crippen MR) is 68.9 cm³/mol. The Morgan fingerprint density at radius 3 is 2.47 bits per heavy atom. The van der Waals surface area contributed by atoms with Crippen LogP contribution in [0.3, 0.4) is 0 Å². The van der Waals surface area contributed by atoms with Gasteiger partial charge >= 0.3 is 0 Å². The van der Waals surface area contributed by atoms with E-state index in [1.54, 1.807) is 4.90 Å². The third kappa shape index (κ3) is 4.91. The van der Waals surface area contributed by atoms with Crippen molar-refractivity contribution >= 4 is 24.2 Å². The molecule has 0 aliphatic carbocycles. The van der Waals surface area contributed by atoms with Crippen molar-refractivity contribution in [2.24, 2.45) is 5.73 Å². The number of nitrogens with one attached hydrogen (secondary N) is 1. The van der Waals surface area contributed by atoms with Gasteiger partial charge in [0.1, 0.15) is 0 Å². The molecule has 1 fully saturated rings. The van der Waals surface area contributed by atoms with Gasteiger partial charge in [-0.05, 0) is 33.2 Å². The molecule has 100 valence electrons. The molecule has 1 rings (SSSR count). The predicted octanol–water partition coefficient (Wildman–Crippen LogP) is 0.273. The Balaban J connectivity index is 0.00000256. The van der Waals surface area contributed by atoms with Gasteiger partial charge in [-0.2, -0.15) is 0 Å². The molecular weight excluding hydrogens is 242 g/mol. The van der Waals surface area contributed by atoms with E-state index >= 15 is 0 Å². The zero-order valence-corrected chi connectivity index (χ0v) is 11.3. The molecule has 0 aromatic heterocycles. The van der Waals surface area contributed by atoms with Crippen LogP contribution >= 0.6 is 12.4 Å². The van der Waals surface area contributed by atoms with Gasteiger partial charge in [-0.25, -0.2) is 0 Å². The summed E-state index contributed by atoms with van der Waals surface area (Å²) < 4.78 is 0. The van der Waals surface area contributed by atoms with Gasteiger partial charge in [0, 0.05) is 6.04 Å². The lowest BCUT2D eigenvalue weighted by Gasteiger charge is -2.31. The highest BCUT2D eigenvalue weighted by molar-refractivity contribution is 5.87. The molecule has 1 aliphatic rings. The summed E-state index contributed by atoms with van der Waals surface area (Å²) in [5.74, 6) is -0.466. The normalized spacial score (nSPS) is 19.6. The molecule has 17 heavy (non-hydrogen) atoms. The summed E-state index contributed by atoms with van der Waals surface area (Å²) >= 11 is 0. The molecule has 0 aromatic rings. The van der Waals surface area contributed by atoms with Crippen molar-refractivity contribution in [3.05, 3.63) is 0 Å². The van der Waals surface area contributed by atoms with Gasteiger partial charge in [0.05, 0.1) is 12.6 Å². The molecule has 6 heteroatoms. The molecular formula is C11H22ClN3O2. The third-order valence-corrected chi connectivity index (χ3v) is 2.84. The number of nitrogens with two attached hydrogens (primary N) is 1. The van der Waals surface area contributed by atoms with Crippen molar-refractivity contribution in [2.75, 3.05) is 13.1 Å². The molecule has 0 bridgehead atoms. The number of nitrogens with zero attached hydrogens (tertiary/aromatic N) is 1. The number of amides is 2. The van der Waals surface area contributed by atoms with E-state index in [-0.39, 0.29) is 36.9 Å². The smallest absolute Gasteiger partial charge is 0.240 e. The molecule has 0 saturated carbocycles. The van der Waals surface area contributed by atoms with E-state index in [1.165, 1.54) is 0 Å². The number of halogens is 1. The van der Waals surface area contributed by atoms with Crippen LogP contribution in [-0.2, 0) is 9.59 Å². The highest BCUT2D eigenvalue weighted by Crippen LogP contribution is 2.11. The van der Waals surface area contributed by atoms with Gasteiger partial charge in [-0.15, -0.1) is 12.4 Å². The molecule has 2 amide bonds. The molecule has 1 atom stereocenters. The monoisotopic (exact) mass is 263 g/mol. The Bertz CT molecular complexity index is 265. The standard InChI is InChI=1S/C11H21N3O2.ClH/c1-8(2)14(7-10(12)15)11(16)9-5-3-4-6-13-9;/h8-9,13H,3-7H2,1-2H3,(H2,12,15);1H/t9-;/m0./s1. The minimum atomic E-state index is -0.460. The van der Waals surface area contributed by atoms with Crippen molar-refractivity contribution in [1.82, 2.24) is 10.2 Å². The van der Waals surface area contributed by atoms with E-state index in [4.69, 9.17) is 5.73 Å². The minimum absolute atomic E-state index is 0. The quantitative estimate of drug-likeness (QED) is 0.765. The lowest BCUT2D eigenvalue weighted by atomic mass is 10.0. The van der Waals surface area contributed by atoms with Crippen LogP contribution in [0.2, 0.25) is 0 Å². The van der Waals surface area contributed by atoms with E-state index in [0.29, 0.717) is 0 Å². The van der Waals surface area contributed by atoms with Crippen molar-refractivity contribution in [3.63, 3.8) is 0 Å². The highest BCUT2D eigenvalue weighted by atomic mass is 35.5. The van der Waals surface area contributed by atoms with E-state index in [2.05, 4.69) is 5.32 Å². The molecule has 1 saturated heterocycles. The summed E-state index contributed by atoms with van der Waals surface area (Å²) in [6.07, 6.45) is 3.02. The van der Waals surface area contributed by atoms with Crippen LogP contribution in [0.4, 0.5) is 0 Å². The Labute approximate surface area is 109 Å². The molecule has 1 heterocycles. The summed E-state index contributed by atoms with van der Waals surface area (Å²) in [6, 6.07) is -0.140. The lowest BCUT2D eigenvalue weighted by molar-refractivity contribution is -0.139. The van der Waals surface area contributed by atoms with Crippen molar-refractivity contribution in [1.29, 1.82) is 0 Å². The minimum Gasteiger partial charge on any atom is -0.368 e. The van der Waals surface area contributed by atoms with E-state index in [9.17, 15) is 9.59 Å². The highest BCUT2D eigenvalue weighted by Gasteiger charge is 2.27. The Kier molecular flexibility index (Phi) is 7.15. The fourth-order valence-electron chi connectivity index (χ4n) is 1.95. The van der Waals surface area contributed by atoms with Crippen LogP contribution in [0.1, 0.15) is 33.1 Å². The van der Waals surface area contributed by atoms with Crippen LogP contribution in [0, 0.1) is 0 Å². The van der Waals surface area contributed by atoms with Crippen LogP contribution in [-0.4, -0.2) is 41.9 Å². The van der Waals surface area contributed by atoms with Gasteiger partial charge < -0.3 is 16.0 Å². The molecule has 5 nitrogen and oxygen atoms in total. The zero-order chi connectivity index (χ0) is 12.1. The Morgan fingerprint density at radius 2 is 2.06 bits per heavy atom. The number of hydrogen-bond acceptors (Lipinski definition) is 3. The maximum Gasteiger partial charge on any atom is 0.240 e. The average molecular weight is 264 g/mol. The van der Waals surface area contributed by atoms with Crippen molar-refractivity contribution in [2.45, 2.75) is 45.2 Å². The number of primary amides is 1. The molecule has 0 spiro atoms. The topological polar surface area (TPSA) is 75.4 Å². The average Bonchev–Trinajstić information content (AvgIpc) is 2.25. The maximum absolute atomic E-state index is 12.1. The first-order valence-corrected chi connectivity index (χ1v) is 5.84. The molecule has 3 N–H and O–H groups in total. The van der Waals surface area contributed by atoms with Crippen molar-refractivity contribution < 1.29 is 9.59 Å². The number of carbonyl (C=O) groups excluding carboxylic acids is 2. The fraction of sp³-hybridized carbons (Fsp3) is 0.818. The first-order valence-electron chi connectivity index (χ1n) is 5.84. The Morgan fingerprint density at radius 1 is 1.41 bits per heavy atom. The van der Waals surface area contributed by atoms with Crippen LogP contribution < -0.4 is 11.1 Å². The summed E-state index contributed by atoms with van der Waals surface area (Å²) in [5.41, 5.74) is 5.15. The molecule has 0 unspecified atom stereocenters. The summed E-state index contributed by atoms with van der Waals surface area (Å²) in [4.78, 5) is 24.6. The van der Waals surface area contributed by atoms with Gasteiger partial charge in [0.25, 0.3) is 0 Å². The van der Waals surface area contributed by atoms with Crippen LogP contribution in [0.5, 0.6) is 0 Å². The van der Waals surface area contributed by atoms with Crippen LogP contribution in [0.15, 0.2) is 0 Å². The summed E-state index contributed by atoms with van der Waals surface area (Å²) in [6.45, 7) is 4.67. The van der Waals surface area contributed by atoms with Gasteiger partial charge in [-0.1, -0.05) is 6.42 Å². The number of carbonyl (C=O) groups is 2. The molecule has 0 aromatic carbocycles. The van der Waals surface area contributed by atoms with E-state index in [0.717, 1.165) is 25.8 Å². The van der Waals surface area contributed by atoms with E-state index in [1.807, 2.05) is 13.8 Å². The Hall–Kier alpha value is -0.810. The SMILES string of the molecule is CC(C)N(CC(N)=O)C(=O)[C@@H]1CCCCN1.Cl. The van der Waals surface area contributed by atoms with Gasteiger partial charge in [0.2, 0.25) is 11.8 Å². The summed E-state index contributed by atoms with van der Waals surface area (Å²) in [7, 11) is 0.